The molecule has 0 radical (unpaired) electrons. The highest BCUT2D eigenvalue weighted by Gasteiger charge is 2.00. The van der Waals surface area contributed by atoms with Gasteiger partial charge in [0.1, 0.15) is 18.2 Å². The first kappa shape index (κ1) is 11.4. The molecule has 0 atom stereocenters. The van der Waals surface area contributed by atoms with Crippen molar-refractivity contribution in [3.8, 4) is 5.75 Å². The van der Waals surface area contributed by atoms with Crippen molar-refractivity contribution in [2.45, 2.75) is 0 Å². The minimum Gasteiger partial charge on any atom is -0.489 e. The molecule has 1 rings (SSSR count). The lowest BCUT2D eigenvalue weighted by Gasteiger charge is -2.03. The minimum absolute atomic E-state index is 0.0701. The smallest absolute Gasteiger partial charge is 0.142 e. The van der Waals surface area contributed by atoms with E-state index in [-0.39, 0.29) is 5.02 Å². The standard InChI is InChI=1S/C10H10ClFOS/c11-9-7-8(3-4-10(9)12)13-5-1-2-6-14/h1-4,7,14H,5-6H2. The zero-order valence-electron chi connectivity index (χ0n) is 7.41. The molecular formula is C10H10ClFOS. The van der Waals surface area contributed by atoms with E-state index in [0.717, 1.165) is 0 Å². The first-order valence-corrected chi connectivity index (χ1v) is 5.09. The van der Waals surface area contributed by atoms with Gasteiger partial charge in [0.05, 0.1) is 5.02 Å². The third-order valence-corrected chi connectivity index (χ3v) is 2.01. The van der Waals surface area contributed by atoms with Crippen LogP contribution in [0.5, 0.6) is 5.75 Å². The maximum Gasteiger partial charge on any atom is 0.142 e. The Labute approximate surface area is 92.9 Å². The van der Waals surface area contributed by atoms with Gasteiger partial charge in [-0.15, -0.1) is 0 Å². The molecule has 1 aromatic rings. The van der Waals surface area contributed by atoms with Crippen molar-refractivity contribution in [3.05, 3.63) is 41.2 Å². The van der Waals surface area contributed by atoms with Crippen molar-refractivity contribution < 1.29 is 9.13 Å². The van der Waals surface area contributed by atoms with E-state index < -0.39 is 5.82 Å². The van der Waals surface area contributed by atoms with Crippen LogP contribution in [0, 0.1) is 5.82 Å². The zero-order chi connectivity index (χ0) is 10.4. The fourth-order valence-electron chi connectivity index (χ4n) is 0.854. The van der Waals surface area contributed by atoms with Crippen LogP contribution in [0.4, 0.5) is 4.39 Å². The SMILES string of the molecule is Fc1ccc(OCC=CCS)cc1Cl. The summed E-state index contributed by atoms with van der Waals surface area (Å²) in [5, 5.41) is 0.0701. The Morgan fingerprint density at radius 1 is 1.43 bits per heavy atom. The average Bonchev–Trinajstić information content (AvgIpc) is 2.18. The second kappa shape index (κ2) is 5.94. The van der Waals surface area contributed by atoms with Gasteiger partial charge < -0.3 is 4.74 Å². The highest BCUT2D eigenvalue weighted by Crippen LogP contribution is 2.20. The molecule has 1 aromatic carbocycles. The number of rotatable bonds is 4. The van der Waals surface area contributed by atoms with Gasteiger partial charge in [-0.2, -0.15) is 12.6 Å². The van der Waals surface area contributed by atoms with Gasteiger partial charge in [-0.1, -0.05) is 23.8 Å². The van der Waals surface area contributed by atoms with E-state index in [1.54, 1.807) is 0 Å². The van der Waals surface area contributed by atoms with Crippen molar-refractivity contribution in [2.75, 3.05) is 12.4 Å². The Kier molecular flexibility index (Phi) is 4.84. The molecule has 0 aliphatic heterocycles. The third-order valence-electron chi connectivity index (χ3n) is 1.51. The predicted octanol–water partition coefficient (Wildman–Crippen LogP) is 3.34. The molecule has 0 heterocycles. The van der Waals surface area contributed by atoms with Gasteiger partial charge in [0.2, 0.25) is 0 Å². The number of ether oxygens (including phenoxy) is 1. The van der Waals surface area contributed by atoms with Crippen LogP contribution in [-0.2, 0) is 0 Å². The molecule has 1 nitrogen and oxygen atoms in total. The van der Waals surface area contributed by atoms with Crippen LogP contribution in [0.3, 0.4) is 0 Å². The summed E-state index contributed by atoms with van der Waals surface area (Å²) in [5.41, 5.74) is 0. The van der Waals surface area contributed by atoms with Crippen molar-refractivity contribution in [1.82, 2.24) is 0 Å². The Balaban J connectivity index is 2.51. The van der Waals surface area contributed by atoms with E-state index >= 15 is 0 Å². The quantitative estimate of drug-likeness (QED) is 0.619. The van der Waals surface area contributed by atoms with Crippen LogP contribution in [-0.4, -0.2) is 12.4 Å². The summed E-state index contributed by atoms with van der Waals surface area (Å²) in [6, 6.07) is 4.27. The molecular weight excluding hydrogens is 223 g/mol. The number of hydrogen-bond acceptors (Lipinski definition) is 2. The lowest BCUT2D eigenvalue weighted by Crippen LogP contribution is -1.93. The normalized spacial score (nSPS) is 10.8. The maximum atomic E-state index is 12.7. The highest BCUT2D eigenvalue weighted by molar-refractivity contribution is 7.80. The largest absolute Gasteiger partial charge is 0.489 e. The molecule has 14 heavy (non-hydrogen) atoms. The summed E-state index contributed by atoms with van der Waals surface area (Å²) in [4.78, 5) is 0. The van der Waals surface area contributed by atoms with Crippen LogP contribution in [0.25, 0.3) is 0 Å². The van der Waals surface area contributed by atoms with Gasteiger partial charge in [0.15, 0.2) is 0 Å². The number of benzene rings is 1. The van der Waals surface area contributed by atoms with Crippen LogP contribution in [0.2, 0.25) is 5.02 Å². The zero-order valence-corrected chi connectivity index (χ0v) is 9.06. The molecule has 0 N–H and O–H groups in total. The third kappa shape index (κ3) is 3.60. The molecule has 0 aliphatic rings. The van der Waals surface area contributed by atoms with Crippen LogP contribution >= 0.6 is 24.2 Å². The molecule has 0 amide bonds. The Morgan fingerprint density at radius 2 is 2.21 bits per heavy atom. The molecule has 76 valence electrons. The molecule has 0 aromatic heterocycles. The summed E-state index contributed by atoms with van der Waals surface area (Å²) < 4.78 is 18.0. The summed E-state index contributed by atoms with van der Waals surface area (Å²) in [6.07, 6.45) is 3.71. The van der Waals surface area contributed by atoms with E-state index in [1.165, 1.54) is 18.2 Å². The van der Waals surface area contributed by atoms with E-state index in [1.807, 2.05) is 12.2 Å². The lowest BCUT2D eigenvalue weighted by molar-refractivity contribution is 0.362. The highest BCUT2D eigenvalue weighted by atomic mass is 35.5. The second-order valence-corrected chi connectivity index (χ2v) is 3.31. The topological polar surface area (TPSA) is 9.23 Å². The second-order valence-electron chi connectivity index (χ2n) is 2.54. The van der Waals surface area contributed by atoms with Gasteiger partial charge in [0, 0.05) is 11.8 Å². The van der Waals surface area contributed by atoms with Crippen molar-refractivity contribution in [3.63, 3.8) is 0 Å². The van der Waals surface area contributed by atoms with Gasteiger partial charge in [0.25, 0.3) is 0 Å². The Bertz CT molecular complexity index is 328. The predicted molar refractivity (Wildman–Crippen MR) is 59.9 cm³/mol. The molecule has 0 fully saturated rings. The summed E-state index contributed by atoms with van der Waals surface area (Å²) in [7, 11) is 0. The number of thiol groups is 1. The van der Waals surface area contributed by atoms with Crippen LogP contribution < -0.4 is 4.74 Å². The van der Waals surface area contributed by atoms with E-state index in [9.17, 15) is 4.39 Å². The molecule has 0 saturated heterocycles. The average molecular weight is 233 g/mol. The maximum absolute atomic E-state index is 12.7. The monoisotopic (exact) mass is 232 g/mol. The molecule has 4 heteroatoms. The Hall–Kier alpha value is -0.670. The molecule has 0 unspecified atom stereocenters. The van der Waals surface area contributed by atoms with E-state index in [4.69, 9.17) is 16.3 Å². The van der Waals surface area contributed by atoms with Crippen molar-refractivity contribution in [1.29, 1.82) is 0 Å². The Morgan fingerprint density at radius 3 is 2.86 bits per heavy atom. The molecule has 0 aliphatic carbocycles. The summed E-state index contributed by atoms with van der Waals surface area (Å²) in [6.45, 7) is 0.433. The van der Waals surface area contributed by atoms with Crippen molar-refractivity contribution >= 4 is 24.2 Å². The minimum atomic E-state index is -0.440. The number of hydrogen-bond donors (Lipinski definition) is 1. The first-order valence-electron chi connectivity index (χ1n) is 4.07. The van der Waals surface area contributed by atoms with Gasteiger partial charge in [-0.3, -0.25) is 0 Å². The lowest BCUT2D eigenvalue weighted by atomic mass is 10.3. The van der Waals surface area contributed by atoms with Crippen LogP contribution in [0.1, 0.15) is 0 Å². The van der Waals surface area contributed by atoms with Crippen molar-refractivity contribution in [2.24, 2.45) is 0 Å². The van der Waals surface area contributed by atoms with E-state index in [0.29, 0.717) is 18.1 Å². The van der Waals surface area contributed by atoms with Crippen LogP contribution in [0.15, 0.2) is 30.4 Å². The summed E-state index contributed by atoms with van der Waals surface area (Å²) >= 11 is 9.57. The van der Waals surface area contributed by atoms with Gasteiger partial charge in [-0.05, 0) is 12.1 Å². The number of halogens is 2. The summed E-state index contributed by atoms with van der Waals surface area (Å²) in [5.74, 6) is 0.790. The van der Waals surface area contributed by atoms with Gasteiger partial charge in [-0.25, -0.2) is 4.39 Å². The van der Waals surface area contributed by atoms with E-state index in [2.05, 4.69) is 12.6 Å². The fraction of sp³-hybridized carbons (Fsp3) is 0.200. The molecule has 0 spiro atoms. The molecule has 0 saturated carbocycles. The molecule has 0 bridgehead atoms. The van der Waals surface area contributed by atoms with Gasteiger partial charge >= 0.3 is 0 Å². The first-order chi connectivity index (χ1) is 6.74. The fourth-order valence-corrected chi connectivity index (χ4v) is 1.17.